The fourth-order valence-corrected chi connectivity index (χ4v) is 4.15. The van der Waals surface area contributed by atoms with Gasteiger partial charge in [-0.2, -0.15) is 0 Å². The monoisotopic (exact) mass is 388 g/mol. The van der Waals surface area contributed by atoms with E-state index in [2.05, 4.69) is 9.97 Å². The third-order valence-corrected chi connectivity index (χ3v) is 5.77. The minimum absolute atomic E-state index is 0.0141. The van der Waals surface area contributed by atoms with Gasteiger partial charge < -0.3 is 15.0 Å². The molecule has 8 nitrogen and oxygen atoms in total. The second-order valence-corrected chi connectivity index (χ2v) is 8.00. The van der Waals surface area contributed by atoms with Crippen LogP contribution >= 0.6 is 0 Å². The first-order chi connectivity index (χ1) is 12.9. The maximum Gasteiger partial charge on any atom is 0.251 e. The molecule has 0 saturated heterocycles. The Morgan fingerprint density at radius 3 is 2.74 bits per heavy atom. The number of ether oxygens (including phenoxy) is 1. The molecule has 0 spiro atoms. The second-order valence-electron chi connectivity index (χ2n) is 6.00. The molecule has 0 aliphatic heterocycles. The highest BCUT2D eigenvalue weighted by atomic mass is 32.2. The number of fused-ring (bicyclic) bond motifs is 1. The average molecular weight is 388 g/mol. The van der Waals surface area contributed by atoms with Gasteiger partial charge in [0.15, 0.2) is 0 Å². The Morgan fingerprint density at radius 2 is 2.07 bits per heavy atom. The smallest absolute Gasteiger partial charge is 0.251 e. The van der Waals surface area contributed by atoms with Crippen molar-refractivity contribution in [3.05, 3.63) is 42.2 Å². The number of benzene rings is 1. The molecule has 3 rings (SSSR count). The van der Waals surface area contributed by atoms with Gasteiger partial charge in [0.2, 0.25) is 15.0 Å². The minimum Gasteiger partial charge on any atom is -0.496 e. The summed E-state index contributed by atoms with van der Waals surface area (Å²) in [5.74, 6) is 0.184. The van der Waals surface area contributed by atoms with Gasteiger partial charge in [-0.05, 0) is 24.6 Å². The van der Waals surface area contributed by atoms with E-state index in [0.717, 1.165) is 6.42 Å². The average Bonchev–Trinajstić information content (AvgIpc) is 3.06. The fourth-order valence-electron chi connectivity index (χ4n) is 2.84. The predicted octanol–water partition coefficient (Wildman–Crippen LogP) is 2.10. The molecular weight excluding hydrogens is 368 g/mol. The number of rotatable bonds is 7. The molecule has 2 heterocycles. The third-order valence-electron chi connectivity index (χ3n) is 4.19. The Hall–Kier alpha value is -2.94. The number of hydrogen-bond acceptors (Lipinski definition) is 6. The molecule has 0 aliphatic carbocycles. The zero-order valence-corrected chi connectivity index (χ0v) is 15.9. The Kier molecular flexibility index (Phi) is 5.13. The van der Waals surface area contributed by atoms with Gasteiger partial charge in [0.1, 0.15) is 11.6 Å². The van der Waals surface area contributed by atoms with E-state index >= 15 is 0 Å². The van der Waals surface area contributed by atoms with Gasteiger partial charge >= 0.3 is 0 Å². The Labute approximate surface area is 156 Å². The van der Waals surface area contributed by atoms with Crippen LogP contribution in [0.5, 0.6) is 5.75 Å². The van der Waals surface area contributed by atoms with Crippen molar-refractivity contribution in [2.45, 2.75) is 24.9 Å². The van der Waals surface area contributed by atoms with Crippen LogP contribution in [0.2, 0.25) is 0 Å². The van der Waals surface area contributed by atoms with Crippen LogP contribution in [-0.2, 0) is 9.84 Å². The van der Waals surface area contributed by atoms with E-state index in [9.17, 15) is 13.2 Å². The van der Waals surface area contributed by atoms with E-state index in [1.54, 1.807) is 28.8 Å². The highest BCUT2D eigenvalue weighted by Crippen LogP contribution is 2.32. The van der Waals surface area contributed by atoms with E-state index in [0.29, 0.717) is 28.9 Å². The number of unbranched alkanes of at least 4 members (excludes halogenated alkanes) is 1. The van der Waals surface area contributed by atoms with E-state index in [-0.39, 0.29) is 16.5 Å². The SMILES string of the molecule is CCCCS(=O)(=O)c1nccc(-n2cc(C(N)=O)c3c(OC)cccc32)n1. The van der Waals surface area contributed by atoms with Crippen molar-refractivity contribution in [1.82, 2.24) is 14.5 Å². The Balaban J connectivity index is 2.20. The summed E-state index contributed by atoms with van der Waals surface area (Å²) in [7, 11) is -2.08. The van der Waals surface area contributed by atoms with Crippen molar-refractivity contribution in [2.75, 3.05) is 12.9 Å². The molecular formula is C18H20N4O4S. The fraction of sp³-hybridized carbons (Fsp3) is 0.278. The number of carbonyl (C=O) groups is 1. The second kappa shape index (κ2) is 7.36. The zero-order valence-electron chi connectivity index (χ0n) is 15.0. The molecule has 2 N–H and O–H groups in total. The molecule has 0 radical (unpaired) electrons. The lowest BCUT2D eigenvalue weighted by Crippen LogP contribution is -2.12. The maximum absolute atomic E-state index is 12.4. The van der Waals surface area contributed by atoms with E-state index in [4.69, 9.17) is 10.5 Å². The van der Waals surface area contributed by atoms with Crippen LogP contribution in [-0.4, -0.2) is 41.7 Å². The summed E-state index contributed by atoms with van der Waals surface area (Å²) in [6, 6.07) is 6.84. The van der Waals surface area contributed by atoms with Crippen molar-refractivity contribution in [3.63, 3.8) is 0 Å². The number of carbonyl (C=O) groups excluding carboxylic acids is 1. The number of primary amides is 1. The lowest BCUT2D eigenvalue weighted by Gasteiger charge is -2.08. The summed E-state index contributed by atoms with van der Waals surface area (Å²) in [5.41, 5.74) is 6.40. The molecule has 0 aliphatic rings. The number of sulfone groups is 1. The number of hydrogen-bond donors (Lipinski definition) is 1. The van der Waals surface area contributed by atoms with Crippen molar-refractivity contribution in [2.24, 2.45) is 5.73 Å². The molecule has 0 fully saturated rings. The first-order valence-corrected chi connectivity index (χ1v) is 10.1. The largest absolute Gasteiger partial charge is 0.496 e. The normalized spacial score (nSPS) is 11.6. The number of aromatic nitrogens is 3. The topological polar surface area (TPSA) is 117 Å². The lowest BCUT2D eigenvalue weighted by atomic mass is 10.1. The number of nitrogens with zero attached hydrogens (tertiary/aromatic N) is 3. The molecule has 142 valence electrons. The molecule has 2 aromatic heterocycles. The summed E-state index contributed by atoms with van der Waals surface area (Å²) in [6.07, 6.45) is 4.20. The summed E-state index contributed by atoms with van der Waals surface area (Å²) in [5, 5.41) is 0.306. The van der Waals surface area contributed by atoms with Gasteiger partial charge in [0, 0.05) is 12.4 Å². The molecule has 0 unspecified atom stereocenters. The van der Waals surface area contributed by atoms with Crippen LogP contribution in [0.4, 0.5) is 0 Å². The number of nitrogens with two attached hydrogens (primary N) is 1. The van der Waals surface area contributed by atoms with Crippen LogP contribution in [0.3, 0.4) is 0 Å². The highest BCUT2D eigenvalue weighted by Gasteiger charge is 2.21. The predicted molar refractivity (Wildman–Crippen MR) is 101 cm³/mol. The summed E-state index contributed by atoms with van der Waals surface area (Å²) >= 11 is 0. The van der Waals surface area contributed by atoms with Crippen molar-refractivity contribution >= 4 is 26.6 Å². The Morgan fingerprint density at radius 1 is 1.30 bits per heavy atom. The number of amides is 1. The van der Waals surface area contributed by atoms with Crippen LogP contribution in [0, 0.1) is 0 Å². The summed E-state index contributed by atoms with van der Waals surface area (Å²) < 4.78 is 31.8. The van der Waals surface area contributed by atoms with Gasteiger partial charge in [-0.3, -0.25) is 4.79 Å². The first-order valence-electron chi connectivity index (χ1n) is 8.43. The van der Waals surface area contributed by atoms with Gasteiger partial charge in [0.25, 0.3) is 5.91 Å². The zero-order chi connectivity index (χ0) is 19.6. The standard InChI is InChI=1S/C18H20N4O4S/c1-3-4-10-27(24,25)18-20-9-8-15(21-18)22-11-12(17(19)23)16-13(22)6-5-7-14(16)26-2/h5-9,11H,3-4,10H2,1-2H3,(H2,19,23). The molecule has 0 saturated carbocycles. The van der Waals surface area contributed by atoms with Crippen molar-refractivity contribution in [1.29, 1.82) is 0 Å². The van der Waals surface area contributed by atoms with Crippen molar-refractivity contribution < 1.29 is 17.9 Å². The quantitative estimate of drug-likeness (QED) is 0.620. The van der Waals surface area contributed by atoms with E-state index < -0.39 is 15.7 Å². The molecule has 3 aromatic rings. The van der Waals surface area contributed by atoms with E-state index in [1.807, 2.05) is 6.92 Å². The van der Waals surface area contributed by atoms with Crippen LogP contribution in [0.1, 0.15) is 30.1 Å². The molecule has 27 heavy (non-hydrogen) atoms. The lowest BCUT2D eigenvalue weighted by molar-refractivity contribution is 0.100. The highest BCUT2D eigenvalue weighted by molar-refractivity contribution is 7.91. The van der Waals surface area contributed by atoms with Crippen molar-refractivity contribution in [3.8, 4) is 11.6 Å². The van der Waals surface area contributed by atoms with Crippen LogP contribution in [0.25, 0.3) is 16.7 Å². The molecule has 0 atom stereocenters. The summed E-state index contributed by atoms with van der Waals surface area (Å²) in [6.45, 7) is 1.91. The van der Waals surface area contributed by atoms with Gasteiger partial charge in [0.05, 0.1) is 29.3 Å². The van der Waals surface area contributed by atoms with Gasteiger partial charge in [-0.15, -0.1) is 0 Å². The molecule has 1 amide bonds. The number of methoxy groups -OCH3 is 1. The van der Waals surface area contributed by atoms with E-state index in [1.165, 1.54) is 19.5 Å². The molecule has 9 heteroatoms. The van der Waals surface area contributed by atoms with Gasteiger partial charge in [-0.1, -0.05) is 19.4 Å². The van der Waals surface area contributed by atoms with Crippen LogP contribution < -0.4 is 10.5 Å². The maximum atomic E-state index is 12.4. The molecule has 1 aromatic carbocycles. The first kappa shape index (κ1) is 18.8. The van der Waals surface area contributed by atoms with Gasteiger partial charge in [-0.25, -0.2) is 18.4 Å². The Bertz CT molecular complexity index is 1110. The third kappa shape index (κ3) is 3.50. The van der Waals surface area contributed by atoms with Crippen LogP contribution in [0.15, 0.2) is 41.8 Å². The molecule has 0 bridgehead atoms. The minimum atomic E-state index is -3.58. The summed E-state index contributed by atoms with van der Waals surface area (Å²) in [4.78, 5) is 20.0.